The average molecular weight is 408 g/mol. The Morgan fingerprint density at radius 1 is 0.900 bits per heavy atom. The number of hydrogen-bond acceptors (Lipinski definition) is 7. The average Bonchev–Trinajstić information content (AvgIpc) is 3.36. The molecule has 0 aliphatic carbocycles. The summed E-state index contributed by atoms with van der Waals surface area (Å²) in [5.41, 5.74) is 2.23. The lowest BCUT2D eigenvalue weighted by atomic mass is 9.89. The van der Waals surface area contributed by atoms with Crippen LogP contribution in [0.1, 0.15) is 29.8 Å². The highest BCUT2D eigenvalue weighted by molar-refractivity contribution is 6.13. The van der Waals surface area contributed by atoms with Crippen LogP contribution in [0.15, 0.2) is 30.3 Å². The van der Waals surface area contributed by atoms with Crippen molar-refractivity contribution in [3.05, 3.63) is 41.5 Å². The van der Waals surface area contributed by atoms with Crippen molar-refractivity contribution in [2.75, 3.05) is 20.0 Å². The topological polar surface area (TPSA) is 83.5 Å². The maximum Gasteiger partial charge on any atom is 0.339 e. The number of esters is 1. The number of phenolic OH excluding ortho intramolecular Hbond substituents is 1. The first kappa shape index (κ1) is 18.4. The molecule has 0 bridgehead atoms. The van der Waals surface area contributed by atoms with E-state index in [9.17, 15) is 9.90 Å². The molecule has 0 saturated carbocycles. The number of benzene rings is 3. The van der Waals surface area contributed by atoms with E-state index in [-0.39, 0.29) is 19.1 Å². The number of phenols is 1. The summed E-state index contributed by atoms with van der Waals surface area (Å²) in [4.78, 5) is 12.6. The molecular formula is C23H20O7. The summed E-state index contributed by atoms with van der Waals surface area (Å²) in [6, 6.07) is 9.05. The summed E-state index contributed by atoms with van der Waals surface area (Å²) in [6.07, 6.45) is 0. The highest BCUT2D eigenvalue weighted by Gasteiger charge is 2.32. The number of fused-ring (bicyclic) bond motifs is 3. The van der Waals surface area contributed by atoms with Gasteiger partial charge in [0.2, 0.25) is 6.79 Å². The van der Waals surface area contributed by atoms with E-state index in [1.54, 1.807) is 18.2 Å². The molecule has 0 spiro atoms. The van der Waals surface area contributed by atoms with Crippen LogP contribution < -0.4 is 18.9 Å². The van der Waals surface area contributed by atoms with Crippen LogP contribution in [-0.2, 0) is 11.3 Å². The van der Waals surface area contributed by atoms with Crippen LogP contribution in [0.5, 0.6) is 28.7 Å². The molecule has 0 fully saturated rings. The minimum absolute atomic E-state index is 0.0133. The molecule has 2 aliphatic rings. The molecule has 0 saturated heterocycles. The van der Waals surface area contributed by atoms with Gasteiger partial charge >= 0.3 is 5.97 Å². The largest absolute Gasteiger partial charge is 0.507 e. The van der Waals surface area contributed by atoms with E-state index in [0.29, 0.717) is 63.7 Å². The number of carbonyl (C=O) groups is 1. The number of ether oxygens (including phenoxy) is 5. The molecule has 5 rings (SSSR count). The van der Waals surface area contributed by atoms with E-state index in [2.05, 4.69) is 0 Å². The Bertz CT molecular complexity index is 1180. The lowest BCUT2D eigenvalue weighted by Gasteiger charge is -2.17. The van der Waals surface area contributed by atoms with Gasteiger partial charge in [-0.05, 0) is 49.1 Å². The molecule has 7 nitrogen and oxygen atoms in total. The molecule has 2 heterocycles. The summed E-state index contributed by atoms with van der Waals surface area (Å²) in [5, 5.41) is 12.2. The summed E-state index contributed by atoms with van der Waals surface area (Å²) in [7, 11) is 0. The van der Waals surface area contributed by atoms with Gasteiger partial charge < -0.3 is 28.8 Å². The van der Waals surface area contributed by atoms with Gasteiger partial charge in [0.1, 0.15) is 12.4 Å². The van der Waals surface area contributed by atoms with Crippen molar-refractivity contribution in [1.82, 2.24) is 0 Å². The lowest BCUT2D eigenvalue weighted by Crippen LogP contribution is -2.02. The van der Waals surface area contributed by atoms with Crippen molar-refractivity contribution in [2.24, 2.45) is 0 Å². The van der Waals surface area contributed by atoms with Crippen LogP contribution >= 0.6 is 0 Å². The smallest absolute Gasteiger partial charge is 0.339 e. The van der Waals surface area contributed by atoms with Crippen LogP contribution in [0, 0.1) is 0 Å². The van der Waals surface area contributed by atoms with E-state index in [1.807, 2.05) is 26.0 Å². The summed E-state index contributed by atoms with van der Waals surface area (Å²) < 4.78 is 27.7. The minimum Gasteiger partial charge on any atom is -0.507 e. The van der Waals surface area contributed by atoms with Gasteiger partial charge in [0.25, 0.3) is 0 Å². The number of aromatic hydroxyl groups is 1. The molecule has 0 amide bonds. The van der Waals surface area contributed by atoms with Crippen molar-refractivity contribution in [3.63, 3.8) is 0 Å². The van der Waals surface area contributed by atoms with Gasteiger partial charge in [-0.15, -0.1) is 0 Å². The highest BCUT2D eigenvalue weighted by Crippen LogP contribution is 2.48. The first-order valence-corrected chi connectivity index (χ1v) is 9.80. The number of hydrogen-bond donors (Lipinski definition) is 1. The third kappa shape index (κ3) is 2.69. The number of carbonyl (C=O) groups excluding carboxylic acids is 1. The maximum absolute atomic E-state index is 12.6. The van der Waals surface area contributed by atoms with Crippen molar-refractivity contribution >= 4 is 16.7 Å². The first-order valence-electron chi connectivity index (χ1n) is 9.80. The van der Waals surface area contributed by atoms with Gasteiger partial charge in [-0.1, -0.05) is 6.07 Å². The highest BCUT2D eigenvalue weighted by atomic mass is 16.7. The Balaban J connectivity index is 1.86. The Morgan fingerprint density at radius 2 is 1.60 bits per heavy atom. The Labute approximate surface area is 172 Å². The summed E-state index contributed by atoms with van der Waals surface area (Å²) in [5.74, 6) is 1.86. The number of cyclic esters (lactones) is 1. The van der Waals surface area contributed by atoms with Gasteiger partial charge in [0, 0.05) is 16.5 Å². The molecule has 154 valence electrons. The predicted octanol–water partition coefficient (Wildman–Crippen LogP) is 4.41. The van der Waals surface area contributed by atoms with Crippen LogP contribution in [0.2, 0.25) is 0 Å². The van der Waals surface area contributed by atoms with Crippen LogP contribution in [0.3, 0.4) is 0 Å². The predicted molar refractivity (Wildman–Crippen MR) is 109 cm³/mol. The molecule has 3 aromatic carbocycles. The molecule has 30 heavy (non-hydrogen) atoms. The van der Waals surface area contributed by atoms with Crippen LogP contribution in [-0.4, -0.2) is 31.1 Å². The van der Waals surface area contributed by atoms with Gasteiger partial charge in [-0.2, -0.15) is 0 Å². The fourth-order valence-corrected chi connectivity index (χ4v) is 3.99. The minimum atomic E-state index is -0.471. The van der Waals surface area contributed by atoms with Gasteiger partial charge in [0.05, 0.1) is 18.8 Å². The molecule has 0 atom stereocenters. The van der Waals surface area contributed by atoms with Crippen molar-refractivity contribution < 1.29 is 33.6 Å². The second-order valence-corrected chi connectivity index (χ2v) is 6.93. The monoisotopic (exact) mass is 408 g/mol. The normalized spacial score (nSPS) is 14.0. The first-order chi connectivity index (χ1) is 14.6. The fraction of sp³-hybridized carbons (Fsp3) is 0.261. The Hall–Kier alpha value is -3.61. The zero-order valence-electron chi connectivity index (χ0n) is 16.6. The van der Waals surface area contributed by atoms with Crippen LogP contribution in [0.25, 0.3) is 21.9 Å². The summed E-state index contributed by atoms with van der Waals surface area (Å²) >= 11 is 0. The SMILES string of the molecule is CCOc1cc2c(O)c3c(c(-c4ccc5c(c4)OCO5)c2cc1OCC)C(=O)OC3. The molecular weight excluding hydrogens is 388 g/mol. The standard InChI is InChI=1S/C23H20O7/c1-3-26-18-8-13-14(9-19(18)27-4-2)22(24)15-10-28-23(25)21(15)20(13)12-5-6-16-17(7-12)30-11-29-16/h5-9,24H,3-4,10-11H2,1-2H3. The molecule has 2 aliphatic heterocycles. The zero-order valence-corrected chi connectivity index (χ0v) is 16.6. The fourth-order valence-electron chi connectivity index (χ4n) is 3.99. The van der Waals surface area contributed by atoms with Gasteiger partial charge in [-0.25, -0.2) is 4.79 Å². The van der Waals surface area contributed by atoms with Crippen molar-refractivity contribution in [2.45, 2.75) is 20.5 Å². The second kappa shape index (κ2) is 7.02. The van der Waals surface area contributed by atoms with E-state index >= 15 is 0 Å². The molecule has 7 heteroatoms. The third-order valence-corrected chi connectivity index (χ3v) is 5.26. The number of rotatable bonds is 5. The van der Waals surface area contributed by atoms with E-state index in [0.717, 1.165) is 5.56 Å². The zero-order chi connectivity index (χ0) is 20.8. The molecule has 0 unspecified atom stereocenters. The third-order valence-electron chi connectivity index (χ3n) is 5.26. The Morgan fingerprint density at radius 3 is 2.33 bits per heavy atom. The molecule has 0 aromatic heterocycles. The van der Waals surface area contributed by atoms with Crippen molar-refractivity contribution in [3.8, 4) is 39.9 Å². The van der Waals surface area contributed by atoms with Gasteiger partial charge in [-0.3, -0.25) is 0 Å². The van der Waals surface area contributed by atoms with E-state index < -0.39 is 5.97 Å². The van der Waals surface area contributed by atoms with Crippen LogP contribution in [0.4, 0.5) is 0 Å². The van der Waals surface area contributed by atoms with E-state index in [4.69, 9.17) is 23.7 Å². The summed E-state index contributed by atoms with van der Waals surface area (Å²) in [6.45, 7) is 4.84. The molecule has 1 N–H and O–H groups in total. The maximum atomic E-state index is 12.6. The van der Waals surface area contributed by atoms with E-state index in [1.165, 1.54) is 0 Å². The molecule has 3 aromatic rings. The van der Waals surface area contributed by atoms with Crippen molar-refractivity contribution in [1.29, 1.82) is 0 Å². The van der Waals surface area contributed by atoms with Gasteiger partial charge in [0.15, 0.2) is 23.0 Å². The lowest BCUT2D eigenvalue weighted by molar-refractivity contribution is 0.0535. The quantitative estimate of drug-likeness (QED) is 0.626. The Kier molecular flexibility index (Phi) is 4.31. The molecule has 0 radical (unpaired) electrons. The second-order valence-electron chi connectivity index (χ2n) is 6.93.